The minimum atomic E-state index is -0.569. The summed E-state index contributed by atoms with van der Waals surface area (Å²) in [6.07, 6.45) is 2.47. The highest BCUT2D eigenvalue weighted by atomic mass is 16.5. The fourth-order valence-electron chi connectivity index (χ4n) is 2.79. The first-order valence-electron chi connectivity index (χ1n) is 7.73. The largest absolute Gasteiger partial charge is 0.465 e. The van der Waals surface area contributed by atoms with Gasteiger partial charge in [-0.25, -0.2) is 0 Å². The van der Waals surface area contributed by atoms with Crippen LogP contribution in [0.15, 0.2) is 0 Å². The fraction of sp³-hybridized carbons (Fsp3) is 0.933. The van der Waals surface area contributed by atoms with E-state index in [1.54, 1.807) is 0 Å². The molecule has 20 heavy (non-hydrogen) atoms. The Morgan fingerprint density at radius 2 is 2.10 bits per heavy atom. The topological polar surface area (TPSA) is 56.8 Å². The molecule has 118 valence electrons. The third-order valence-corrected chi connectivity index (χ3v) is 3.63. The van der Waals surface area contributed by atoms with E-state index in [-0.39, 0.29) is 18.2 Å². The van der Waals surface area contributed by atoms with Crippen LogP contribution in [-0.4, -0.2) is 50.1 Å². The minimum Gasteiger partial charge on any atom is -0.465 e. The number of likely N-dealkylation sites (N-methyl/N-ethyl adjacent to an activating group) is 1. The molecule has 3 unspecified atom stereocenters. The van der Waals surface area contributed by atoms with Crippen LogP contribution < -0.4 is 5.32 Å². The summed E-state index contributed by atoms with van der Waals surface area (Å²) in [5.41, 5.74) is -0.569. The standard InChI is InChI=1S/C15H29NO4/c1-5-16-15(14(17)19-7-3)9-8-13(10-15)20-12(4)11-18-6-2/h12-13,16H,5-11H2,1-4H3. The highest BCUT2D eigenvalue weighted by molar-refractivity contribution is 5.81. The van der Waals surface area contributed by atoms with E-state index in [2.05, 4.69) is 5.32 Å². The van der Waals surface area contributed by atoms with Crippen molar-refractivity contribution in [2.24, 2.45) is 0 Å². The molecule has 0 radical (unpaired) electrons. The van der Waals surface area contributed by atoms with Gasteiger partial charge in [0.15, 0.2) is 0 Å². The summed E-state index contributed by atoms with van der Waals surface area (Å²) in [6, 6.07) is 0. The first-order valence-corrected chi connectivity index (χ1v) is 7.73. The van der Waals surface area contributed by atoms with Crippen molar-refractivity contribution in [1.82, 2.24) is 5.32 Å². The van der Waals surface area contributed by atoms with Crippen LogP contribution in [0.2, 0.25) is 0 Å². The Balaban J connectivity index is 2.54. The number of hydrogen-bond donors (Lipinski definition) is 1. The van der Waals surface area contributed by atoms with Crippen molar-refractivity contribution in [3.8, 4) is 0 Å². The number of nitrogens with one attached hydrogen (secondary N) is 1. The zero-order valence-electron chi connectivity index (χ0n) is 13.2. The average Bonchev–Trinajstić information content (AvgIpc) is 2.81. The van der Waals surface area contributed by atoms with Gasteiger partial charge in [-0.1, -0.05) is 6.92 Å². The highest BCUT2D eigenvalue weighted by Crippen LogP contribution is 2.33. The summed E-state index contributed by atoms with van der Waals surface area (Å²) in [7, 11) is 0. The van der Waals surface area contributed by atoms with Crippen LogP contribution in [0.5, 0.6) is 0 Å². The van der Waals surface area contributed by atoms with Crippen LogP contribution in [0, 0.1) is 0 Å². The molecule has 0 amide bonds. The van der Waals surface area contributed by atoms with E-state index in [9.17, 15) is 4.79 Å². The molecule has 0 heterocycles. The maximum Gasteiger partial charge on any atom is 0.326 e. The predicted molar refractivity (Wildman–Crippen MR) is 77.7 cm³/mol. The van der Waals surface area contributed by atoms with Crippen LogP contribution in [0.3, 0.4) is 0 Å². The molecule has 5 heteroatoms. The Morgan fingerprint density at radius 1 is 1.35 bits per heavy atom. The van der Waals surface area contributed by atoms with Crippen molar-refractivity contribution in [3.05, 3.63) is 0 Å². The lowest BCUT2D eigenvalue weighted by molar-refractivity contribution is -0.151. The van der Waals surface area contributed by atoms with E-state index in [4.69, 9.17) is 14.2 Å². The Labute approximate surface area is 122 Å². The van der Waals surface area contributed by atoms with Crippen LogP contribution >= 0.6 is 0 Å². The third kappa shape index (κ3) is 4.72. The molecule has 0 saturated heterocycles. The van der Waals surface area contributed by atoms with Crippen LogP contribution in [0.25, 0.3) is 0 Å². The second kappa shape index (κ2) is 8.60. The van der Waals surface area contributed by atoms with E-state index in [1.165, 1.54) is 0 Å². The summed E-state index contributed by atoms with van der Waals surface area (Å²) in [6.45, 7) is 10.3. The molecule has 0 spiro atoms. The first kappa shape index (κ1) is 17.4. The molecule has 1 aliphatic carbocycles. The minimum absolute atomic E-state index is 0.0552. The van der Waals surface area contributed by atoms with Gasteiger partial charge < -0.3 is 19.5 Å². The van der Waals surface area contributed by atoms with Crippen molar-refractivity contribution in [2.75, 3.05) is 26.4 Å². The Kier molecular flexibility index (Phi) is 7.48. The number of ether oxygens (including phenoxy) is 3. The second-order valence-corrected chi connectivity index (χ2v) is 5.30. The molecule has 1 fully saturated rings. The van der Waals surface area contributed by atoms with Crippen molar-refractivity contribution < 1.29 is 19.0 Å². The zero-order valence-corrected chi connectivity index (χ0v) is 13.2. The van der Waals surface area contributed by atoms with E-state index in [0.717, 1.165) is 19.4 Å². The maximum atomic E-state index is 12.2. The molecule has 0 aromatic heterocycles. The lowest BCUT2D eigenvalue weighted by Gasteiger charge is -2.28. The van der Waals surface area contributed by atoms with E-state index in [0.29, 0.717) is 26.2 Å². The van der Waals surface area contributed by atoms with Gasteiger partial charge in [0.1, 0.15) is 5.54 Å². The number of rotatable bonds is 9. The number of carbonyl (C=O) groups excluding carboxylic acids is 1. The van der Waals surface area contributed by atoms with Crippen LogP contribution in [-0.2, 0) is 19.0 Å². The lowest BCUT2D eigenvalue weighted by atomic mass is 9.97. The molecule has 0 aliphatic heterocycles. The summed E-state index contributed by atoms with van der Waals surface area (Å²) >= 11 is 0. The maximum absolute atomic E-state index is 12.2. The van der Waals surface area contributed by atoms with E-state index < -0.39 is 5.54 Å². The molecule has 3 atom stereocenters. The fourth-order valence-corrected chi connectivity index (χ4v) is 2.79. The Morgan fingerprint density at radius 3 is 2.70 bits per heavy atom. The van der Waals surface area contributed by atoms with Gasteiger partial charge in [0.05, 0.1) is 25.4 Å². The number of esters is 1. The van der Waals surface area contributed by atoms with Gasteiger partial charge in [0, 0.05) is 13.0 Å². The summed E-state index contributed by atoms with van der Waals surface area (Å²) < 4.78 is 16.5. The van der Waals surface area contributed by atoms with Crippen molar-refractivity contribution in [3.63, 3.8) is 0 Å². The average molecular weight is 287 g/mol. The number of carbonyl (C=O) groups is 1. The molecule has 0 bridgehead atoms. The molecule has 1 N–H and O–H groups in total. The summed E-state index contributed by atoms with van der Waals surface area (Å²) in [5.74, 6) is -0.148. The molecule has 5 nitrogen and oxygen atoms in total. The molecule has 0 aromatic rings. The van der Waals surface area contributed by atoms with Gasteiger partial charge in [0.2, 0.25) is 0 Å². The van der Waals surface area contributed by atoms with Crippen molar-refractivity contribution in [2.45, 2.75) is 64.7 Å². The molecule has 1 rings (SSSR count). The highest BCUT2D eigenvalue weighted by Gasteiger charge is 2.46. The molecule has 0 aromatic carbocycles. The van der Waals surface area contributed by atoms with Crippen molar-refractivity contribution in [1.29, 1.82) is 0 Å². The van der Waals surface area contributed by atoms with Gasteiger partial charge in [-0.15, -0.1) is 0 Å². The van der Waals surface area contributed by atoms with Gasteiger partial charge in [-0.05, 0) is 40.2 Å². The van der Waals surface area contributed by atoms with Crippen LogP contribution in [0.4, 0.5) is 0 Å². The Hall–Kier alpha value is -0.650. The molecule has 1 aliphatic rings. The van der Waals surface area contributed by atoms with Gasteiger partial charge in [-0.3, -0.25) is 4.79 Å². The zero-order chi connectivity index (χ0) is 15.0. The van der Waals surface area contributed by atoms with Crippen LogP contribution in [0.1, 0.15) is 47.0 Å². The second-order valence-electron chi connectivity index (χ2n) is 5.30. The Bertz CT molecular complexity index is 298. The molecule has 1 saturated carbocycles. The van der Waals surface area contributed by atoms with Crippen molar-refractivity contribution >= 4 is 5.97 Å². The third-order valence-electron chi connectivity index (χ3n) is 3.63. The normalized spacial score (nSPS) is 27.5. The quantitative estimate of drug-likeness (QED) is 0.656. The van der Waals surface area contributed by atoms with Gasteiger partial charge >= 0.3 is 5.97 Å². The monoisotopic (exact) mass is 287 g/mol. The summed E-state index contributed by atoms with van der Waals surface area (Å²) in [4.78, 5) is 12.2. The predicted octanol–water partition coefficient (Wildman–Crippen LogP) is 1.89. The smallest absolute Gasteiger partial charge is 0.326 e. The lowest BCUT2D eigenvalue weighted by Crippen LogP contribution is -2.51. The van der Waals surface area contributed by atoms with Gasteiger partial charge in [-0.2, -0.15) is 0 Å². The van der Waals surface area contributed by atoms with Gasteiger partial charge in [0.25, 0.3) is 0 Å². The number of hydrogen-bond acceptors (Lipinski definition) is 5. The van der Waals surface area contributed by atoms with E-state index >= 15 is 0 Å². The van der Waals surface area contributed by atoms with E-state index in [1.807, 2.05) is 27.7 Å². The molecular weight excluding hydrogens is 258 g/mol. The summed E-state index contributed by atoms with van der Waals surface area (Å²) in [5, 5.41) is 3.30. The first-order chi connectivity index (χ1) is 9.57. The SMILES string of the molecule is CCNC1(C(=O)OCC)CCC(OC(C)COCC)C1. The molecular formula is C15H29NO4.